The lowest BCUT2D eigenvalue weighted by molar-refractivity contribution is -0.127. The highest BCUT2D eigenvalue weighted by Gasteiger charge is 2.24. The van der Waals surface area contributed by atoms with Crippen LogP contribution in [0.3, 0.4) is 0 Å². The molecular weight excluding hydrogens is 332 g/mol. The van der Waals surface area contributed by atoms with Crippen LogP contribution >= 0.6 is 0 Å². The van der Waals surface area contributed by atoms with Crippen LogP contribution in [0.5, 0.6) is 0 Å². The van der Waals surface area contributed by atoms with Gasteiger partial charge in [-0.3, -0.25) is 10.1 Å². The van der Waals surface area contributed by atoms with Crippen molar-refractivity contribution in [2.75, 3.05) is 0 Å². The van der Waals surface area contributed by atoms with Crippen LogP contribution in [0, 0.1) is 0 Å². The monoisotopic (exact) mass is 354 g/mol. The maximum Gasteiger partial charge on any atom is 0.339 e. The van der Waals surface area contributed by atoms with Gasteiger partial charge in [0, 0.05) is 6.04 Å². The summed E-state index contributed by atoms with van der Waals surface area (Å²) in [5, 5.41) is 6.66. The van der Waals surface area contributed by atoms with E-state index in [-0.39, 0.29) is 6.04 Å². The molecule has 0 saturated carbocycles. The molecule has 0 aromatic heterocycles. The second-order valence-corrected chi connectivity index (χ2v) is 6.78. The summed E-state index contributed by atoms with van der Waals surface area (Å²) in [6.45, 7) is 5.00. The van der Waals surface area contributed by atoms with Gasteiger partial charge in [0.25, 0.3) is 5.91 Å². The number of esters is 1. The SMILES string of the molecule is CC(C)NC(=O)NC(=O)C(C)OC(=O)c1ccc2c3c(cccc13)CC2. The van der Waals surface area contributed by atoms with Crippen LogP contribution < -0.4 is 10.6 Å². The molecule has 2 aromatic carbocycles. The van der Waals surface area contributed by atoms with E-state index in [4.69, 9.17) is 4.74 Å². The Bertz CT molecular complexity index is 879. The summed E-state index contributed by atoms with van der Waals surface area (Å²) in [5.74, 6) is -1.24. The van der Waals surface area contributed by atoms with Crippen LogP contribution in [0.1, 0.15) is 42.3 Å². The van der Waals surface area contributed by atoms with E-state index in [0.29, 0.717) is 5.56 Å². The second-order valence-electron chi connectivity index (χ2n) is 6.78. The van der Waals surface area contributed by atoms with Crippen molar-refractivity contribution in [2.24, 2.45) is 0 Å². The molecule has 6 heteroatoms. The number of urea groups is 1. The Balaban J connectivity index is 1.74. The van der Waals surface area contributed by atoms with Crippen LogP contribution in [0.4, 0.5) is 4.79 Å². The predicted molar refractivity (Wildman–Crippen MR) is 98.0 cm³/mol. The second kappa shape index (κ2) is 7.15. The van der Waals surface area contributed by atoms with Gasteiger partial charge in [-0.25, -0.2) is 9.59 Å². The molecule has 0 saturated heterocycles. The Labute approximate surface area is 151 Å². The van der Waals surface area contributed by atoms with E-state index >= 15 is 0 Å². The Morgan fingerprint density at radius 2 is 1.69 bits per heavy atom. The molecular formula is C20H22N2O4. The predicted octanol–water partition coefficient (Wildman–Crippen LogP) is 2.72. The third-order valence-electron chi connectivity index (χ3n) is 4.41. The van der Waals surface area contributed by atoms with Gasteiger partial charge in [-0.2, -0.15) is 0 Å². The van der Waals surface area contributed by atoms with Crippen LogP contribution in [0.25, 0.3) is 10.8 Å². The first-order valence-electron chi connectivity index (χ1n) is 8.72. The minimum Gasteiger partial charge on any atom is -0.449 e. The molecule has 6 nitrogen and oxygen atoms in total. The quantitative estimate of drug-likeness (QED) is 0.827. The lowest BCUT2D eigenvalue weighted by Crippen LogP contribution is -2.46. The average molecular weight is 354 g/mol. The topological polar surface area (TPSA) is 84.5 Å². The van der Waals surface area contributed by atoms with Gasteiger partial charge in [-0.15, -0.1) is 0 Å². The van der Waals surface area contributed by atoms with Crippen molar-refractivity contribution in [1.29, 1.82) is 0 Å². The molecule has 2 aromatic rings. The first-order chi connectivity index (χ1) is 12.4. The highest BCUT2D eigenvalue weighted by Crippen LogP contribution is 2.33. The molecule has 1 atom stereocenters. The fourth-order valence-electron chi connectivity index (χ4n) is 3.21. The fourth-order valence-corrected chi connectivity index (χ4v) is 3.21. The fraction of sp³-hybridized carbons (Fsp3) is 0.350. The molecule has 26 heavy (non-hydrogen) atoms. The summed E-state index contributed by atoms with van der Waals surface area (Å²) in [6.07, 6.45) is 0.854. The standard InChI is InChI=1S/C20H22N2O4/c1-11(2)21-20(25)22-18(23)12(3)26-19(24)16-10-9-14-8-7-13-5-4-6-15(16)17(13)14/h4-6,9-12H,7-8H2,1-3H3,(H2,21,22,23,25). The first kappa shape index (κ1) is 17.9. The number of imide groups is 1. The summed E-state index contributed by atoms with van der Waals surface area (Å²) >= 11 is 0. The van der Waals surface area contributed by atoms with E-state index in [9.17, 15) is 14.4 Å². The zero-order valence-electron chi connectivity index (χ0n) is 15.1. The Morgan fingerprint density at radius 3 is 2.38 bits per heavy atom. The average Bonchev–Trinajstić information content (AvgIpc) is 2.99. The molecule has 3 amide bonds. The van der Waals surface area contributed by atoms with Crippen molar-refractivity contribution in [1.82, 2.24) is 10.6 Å². The third-order valence-corrected chi connectivity index (χ3v) is 4.41. The third kappa shape index (κ3) is 3.54. The zero-order valence-corrected chi connectivity index (χ0v) is 15.1. The van der Waals surface area contributed by atoms with E-state index in [2.05, 4.69) is 16.7 Å². The van der Waals surface area contributed by atoms with Gasteiger partial charge < -0.3 is 10.1 Å². The lowest BCUT2D eigenvalue weighted by Gasteiger charge is -2.15. The van der Waals surface area contributed by atoms with E-state index in [1.165, 1.54) is 18.1 Å². The van der Waals surface area contributed by atoms with Gasteiger partial charge in [-0.1, -0.05) is 24.3 Å². The number of hydrogen-bond donors (Lipinski definition) is 2. The van der Waals surface area contributed by atoms with Crippen molar-refractivity contribution in [3.63, 3.8) is 0 Å². The molecule has 1 unspecified atom stereocenters. The minimum atomic E-state index is -1.08. The molecule has 1 aliphatic carbocycles. The minimum absolute atomic E-state index is 0.103. The number of benzene rings is 2. The van der Waals surface area contributed by atoms with E-state index in [1.807, 2.05) is 18.2 Å². The molecule has 136 valence electrons. The smallest absolute Gasteiger partial charge is 0.339 e. The highest BCUT2D eigenvalue weighted by molar-refractivity contribution is 6.08. The number of nitrogens with one attached hydrogen (secondary N) is 2. The number of aryl methyl sites for hydroxylation is 2. The van der Waals surface area contributed by atoms with Gasteiger partial charge in [-0.05, 0) is 61.6 Å². The molecule has 3 rings (SSSR count). The summed E-state index contributed by atoms with van der Waals surface area (Å²) in [5.41, 5.74) is 2.88. The molecule has 0 heterocycles. The zero-order chi connectivity index (χ0) is 18.8. The molecule has 0 spiro atoms. The van der Waals surface area contributed by atoms with Gasteiger partial charge in [0.15, 0.2) is 6.10 Å². The van der Waals surface area contributed by atoms with E-state index < -0.39 is 24.0 Å². The number of ether oxygens (including phenoxy) is 1. The summed E-state index contributed by atoms with van der Waals surface area (Å²) in [7, 11) is 0. The Hall–Kier alpha value is -2.89. The number of carbonyl (C=O) groups is 3. The molecule has 1 aliphatic rings. The van der Waals surface area contributed by atoms with Crippen LogP contribution in [-0.4, -0.2) is 30.1 Å². The van der Waals surface area contributed by atoms with Crippen LogP contribution in [0.15, 0.2) is 30.3 Å². The summed E-state index contributed by atoms with van der Waals surface area (Å²) in [6, 6.07) is 8.85. The summed E-state index contributed by atoms with van der Waals surface area (Å²) in [4.78, 5) is 36.2. The number of carbonyl (C=O) groups excluding carboxylic acids is 3. The Kier molecular flexibility index (Phi) is 4.93. The van der Waals surface area contributed by atoms with Gasteiger partial charge in [0.05, 0.1) is 5.56 Å². The lowest BCUT2D eigenvalue weighted by atomic mass is 10.00. The van der Waals surface area contributed by atoms with Gasteiger partial charge in [0.1, 0.15) is 0 Å². The van der Waals surface area contributed by atoms with Crippen LogP contribution in [0.2, 0.25) is 0 Å². The highest BCUT2D eigenvalue weighted by atomic mass is 16.5. The Morgan fingerprint density at radius 1 is 1.00 bits per heavy atom. The van der Waals surface area contributed by atoms with Crippen molar-refractivity contribution in [2.45, 2.75) is 45.8 Å². The van der Waals surface area contributed by atoms with Gasteiger partial charge in [0.2, 0.25) is 0 Å². The van der Waals surface area contributed by atoms with Gasteiger partial charge >= 0.3 is 12.0 Å². The number of rotatable bonds is 4. The normalized spacial score (nSPS) is 13.5. The maximum absolute atomic E-state index is 12.6. The van der Waals surface area contributed by atoms with E-state index in [0.717, 1.165) is 23.6 Å². The largest absolute Gasteiger partial charge is 0.449 e. The van der Waals surface area contributed by atoms with E-state index in [1.54, 1.807) is 19.9 Å². The molecule has 0 fully saturated rings. The van der Waals surface area contributed by atoms with Crippen molar-refractivity contribution in [3.05, 3.63) is 47.0 Å². The van der Waals surface area contributed by atoms with Crippen molar-refractivity contribution in [3.8, 4) is 0 Å². The molecule has 0 radical (unpaired) electrons. The maximum atomic E-state index is 12.6. The van der Waals surface area contributed by atoms with Crippen LogP contribution in [-0.2, 0) is 22.4 Å². The van der Waals surface area contributed by atoms with Crippen molar-refractivity contribution >= 4 is 28.7 Å². The molecule has 0 bridgehead atoms. The number of hydrogen-bond acceptors (Lipinski definition) is 4. The summed E-state index contributed by atoms with van der Waals surface area (Å²) < 4.78 is 5.28. The molecule has 2 N–H and O–H groups in total. The van der Waals surface area contributed by atoms with Crippen molar-refractivity contribution < 1.29 is 19.1 Å². The number of amides is 3. The molecule has 0 aliphatic heterocycles. The first-order valence-corrected chi connectivity index (χ1v) is 8.72.